The van der Waals surface area contributed by atoms with Gasteiger partial charge in [-0.1, -0.05) is 26.8 Å². The van der Waals surface area contributed by atoms with Crippen LogP contribution in [0.25, 0.3) is 0 Å². The molecule has 0 aromatic heterocycles. The lowest BCUT2D eigenvalue weighted by molar-refractivity contribution is -0.145. The summed E-state index contributed by atoms with van der Waals surface area (Å²) in [6, 6.07) is 5.55. The standard InChI is InChI=1S/C25H37N3O4S/c1-25(2,3)24(30)27-12-6-9-21(18-27)23(29)26-13-15-28(16-14-26)33(31,32)22-11-10-19-7-4-5-8-20(19)17-22/h10-11,17,21H,4-9,12-16,18H2,1-3H3. The Kier molecular flexibility index (Phi) is 6.87. The predicted octanol–water partition coefficient (Wildman–Crippen LogP) is 2.68. The molecule has 0 spiro atoms. The molecule has 1 aliphatic carbocycles. The number of aryl methyl sites for hydroxylation is 2. The van der Waals surface area contributed by atoms with E-state index in [0.29, 0.717) is 44.2 Å². The summed E-state index contributed by atoms with van der Waals surface area (Å²) in [4.78, 5) is 29.8. The summed E-state index contributed by atoms with van der Waals surface area (Å²) in [5.41, 5.74) is 1.96. The van der Waals surface area contributed by atoms with E-state index >= 15 is 0 Å². The number of benzene rings is 1. The Labute approximate surface area is 198 Å². The number of rotatable bonds is 3. The van der Waals surface area contributed by atoms with Crippen LogP contribution in [0.3, 0.4) is 0 Å². The highest BCUT2D eigenvalue weighted by Crippen LogP contribution is 2.28. The van der Waals surface area contributed by atoms with E-state index in [9.17, 15) is 18.0 Å². The fourth-order valence-corrected chi connectivity index (χ4v) is 6.74. The van der Waals surface area contributed by atoms with Crippen molar-refractivity contribution in [1.29, 1.82) is 0 Å². The second-order valence-electron chi connectivity index (χ2n) is 10.7. The fourth-order valence-electron chi connectivity index (χ4n) is 5.26. The molecule has 2 fully saturated rings. The van der Waals surface area contributed by atoms with Crippen molar-refractivity contribution in [3.8, 4) is 0 Å². The minimum absolute atomic E-state index is 0.0484. The molecule has 1 aromatic carbocycles. The Morgan fingerprint density at radius 3 is 2.21 bits per heavy atom. The molecule has 2 saturated heterocycles. The molecule has 0 saturated carbocycles. The molecule has 33 heavy (non-hydrogen) atoms. The third-order valence-electron chi connectivity index (χ3n) is 7.21. The van der Waals surface area contributed by atoms with E-state index in [1.54, 1.807) is 11.0 Å². The number of hydrogen-bond acceptors (Lipinski definition) is 4. The lowest BCUT2D eigenvalue weighted by Gasteiger charge is -2.40. The third-order valence-corrected chi connectivity index (χ3v) is 9.10. The van der Waals surface area contributed by atoms with E-state index in [1.807, 2.05) is 37.8 Å². The van der Waals surface area contributed by atoms with Crippen molar-refractivity contribution in [3.05, 3.63) is 29.3 Å². The first-order chi connectivity index (χ1) is 15.6. The number of fused-ring (bicyclic) bond motifs is 1. The SMILES string of the molecule is CC(C)(C)C(=O)N1CCCC(C(=O)N2CCN(S(=O)(=O)c3ccc4c(c3)CCCC4)CC2)C1. The number of carbonyl (C=O) groups excluding carboxylic acids is 2. The van der Waals surface area contributed by atoms with E-state index in [2.05, 4.69) is 0 Å². The number of piperidine rings is 1. The molecule has 1 atom stereocenters. The Morgan fingerprint density at radius 2 is 1.55 bits per heavy atom. The zero-order chi connectivity index (χ0) is 23.8. The molecule has 0 radical (unpaired) electrons. The van der Waals surface area contributed by atoms with Crippen molar-refractivity contribution in [2.45, 2.75) is 64.2 Å². The van der Waals surface area contributed by atoms with Gasteiger partial charge in [-0.2, -0.15) is 4.31 Å². The minimum atomic E-state index is -3.56. The molecular weight excluding hydrogens is 438 g/mol. The van der Waals surface area contributed by atoms with E-state index in [4.69, 9.17) is 0 Å². The molecule has 2 heterocycles. The molecular formula is C25H37N3O4S. The molecule has 8 heteroatoms. The van der Waals surface area contributed by atoms with Gasteiger partial charge in [0.2, 0.25) is 21.8 Å². The lowest BCUT2D eigenvalue weighted by Crippen LogP contribution is -2.54. The predicted molar refractivity (Wildman–Crippen MR) is 127 cm³/mol. The van der Waals surface area contributed by atoms with Crippen LogP contribution in [0, 0.1) is 11.3 Å². The highest BCUT2D eigenvalue weighted by Gasteiger charge is 2.37. The van der Waals surface area contributed by atoms with Gasteiger partial charge < -0.3 is 9.80 Å². The van der Waals surface area contributed by atoms with Gasteiger partial charge in [-0.05, 0) is 61.8 Å². The number of carbonyl (C=O) groups is 2. The number of amides is 2. The third kappa shape index (κ3) is 5.11. The van der Waals surface area contributed by atoms with Crippen LogP contribution in [0.5, 0.6) is 0 Å². The van der Waals surface area contributed by atoms with Crippen LogP contribution >= 0.6 is 0 Å². The number of nitrogens with zero attached hydrogens (tertiary/aromatic N) is 3. The maximum atomic E-state index is 13.2. The highest BCUT2D eigenvalue weighted by molar-refractivity contribution is 7.89. The van der Waals surface area contributed by atoms with Crippen molar-refractivity contribution in [1.82, 2.24) is 14.1 Å². The van der Waals surface area contributed by atoms with Crippen LogP contribution in [0.1, 0.15) is 57.6 Å². The summed E-state index contributed by atoms with van der Waals surface area (Å²) in [6.07, 6.45) is 5.84. The quantitative estimate of drug-likeness (QED) is 0.673. The number of likely N-dealkylation sites (tertiary alicyclic amines) is 1. The van der Waals surface area contributed by atoms with Gasteiger partial charge >= 0.3 is 0 Å². The Hall–Kier alpha value is -1.93. The topological polar surface area (TPSA) is 78.0 Å². The van der Waals surface area contributed by atoms with Crippen molar-refractivity contribution in [2.24, 2.45) is 11.3 Å². The molecule has 0 N–H and O–H groups in total. The van der Waals surface area contributed by atoms with Crippen molar-refractivity contribution in [3.63, 3.8) is 0 Å². The maximum Gasteiger partial charge on any atom is 0.243 e. The van der Waals surface area contributed by atoms with E-state index in [1.165, 1.54) is 9.87 Å². The van der Waals surface area contributed by atoms with Crippen molar-refractivity contribution < 1.29 is 18.0 Å². The summed E-state index contributed by atoms with van der Waals surface area (Å²) in [5.74, 6) is -0.0675. The van der Waals surface area contributed by atoms with E-state index in [0.717, 1.165) is 44.1 Å². The van der Waals surface area contributed by atoms with Crippen LogP contribution < -0.4 is 0 Å². The fraction of sp³-hybridized carbons (Fsp3) is 0.680. The van der Waals surface area contributed by atoms with Crippen LogP contribution in [0.15, 0.2) is 23.1 Å². The van der Waals surface area contributed by atoms with Gasteiger partial charge in [-0.25, -0.2) is 8.42 Å². The summed E-state index contributed by atoms with van der Waals surface area (Å²) >= 11 is 0. The second kappa shape index (κ2) is 9.37. The largest absolute Gasteiger partial charge is 0.341 e. The first kappa shape index (κ1) is 24.2. The number of piperazine rings is 1. The Balaban J connectivity index is 1.37. The molecule has 7 nitrogen and oxygen atoms in total. The summed E-state index contributed by atoms with van der Waals surface area (Å²) in [5, 5.41) is 0. The van der Waals surface area contributed by atoms with Gasteiger partial charge in [0.1, 0.15) is 0 Å². The second-order valence-corrected chi connectivity index (χ2v) is 12.6. The molecule has 4 rings (SSSR count). The molecule has 1 aromatic rings. The number of hydrogen-bond donors (Lipinski definition) is 0. The minimum Gasteiger partial charge on any atom is -0.341 e. The smallest absolute Gasteiger partial charge is 0.243 e. The van der Waals surface area contributed by atoms with Crippen LogP contribution in [0.4, 0.5) is 0 Å². The molecule has 2 amide bonds. The molecule has 3 aliphatic rings. The normalized spacial score (nSPS) is 22.7. The summed E-state index contributed by atoms with van der Waals surface area (Å²) in [6.45, 7) is 8.29. The van der Waals surface area contributed by atoms with Crippen molar-refractivity contribution in [2.75, 3.05) is 39.3 Å². The highest BCUT2D eigenvalue weighted by atomic mass is 32.2. The Bertz CT molecular complexity index is 1010. The van der Waals surface area contributed by atoms with Gasteiger partial charge in [0.25, 0.3) is 0 Å². The average molecular weight is 476 g/mol. The van der Waals surface area contributed by atoms with Gasteiger partial charge in [0.15, 0.2) is 0 Å². The van der Waals surface area contributed by atoms with Gasteiger partial charge in [0.05, 0.1) is 10.8 Å². The maximum absolute atomic E-state index is 13.2. The van der Waals surface area contributed by atoms with Crippen LogP contribution in [-0.4, -0.2) is 73.6 Å². The van der Waals surface area contributed by atoms with Gasteiger partial charge in [-0.15, -0.1) is 0 Å². The van der Waals surface area contributed by atoms with E-state index in [-0.39, 0.29) is 17.7 Å². The zero-order valence-electron chi connectivity index (χ0n) is 20.2. The average Bonchev–Trinajstić information content (AvgIpc) is 2.82. The summed E-state index contributed by atoms with van der Waals surface area (Å²) < 4.78 is 28.0. The molecule has 2 aliphatic heterocycles. The lowest BCUT2D eigenvalue weighted by atomic mass is 9.90. The number of sulfonamides is 1. The molecule has 1 unspecified atom stereocenters. The van der Waals surface area contributed by atoms with Gasteiger partial charge in [0, 0.05) is 44.7 Å². The first-order valence-electron chi connectivity index (χ1n) is 12.3. The zero-order valence-corrected chi connectivity index (χ0v) is 21.0. The van der Waals surface area contributed by atoms with Crippen molar-refractivity contribution >= 4 is 21.8 Å². The van der Waals surface area contributed by atoms with Gasteiger partial charge in [-0.3, -0.25) is 9.59 Å². The van der Waals surface area contributed by atoms with E-state index < -0.39 is 15.4 Å². The molecule has 0 bridgehead atoms. The first-order valence-corrected chi connectivity index (χ1v) is 13.7. The monoisotopic (exact) mass is 475 g/mol. The van der Waals surface area contributed by atoms with Crippen LogP contribution in [0.2, 0.25) is 0 Å². The molecule has 182 valence electrons. The van der Waals surface area contributed by atoms with Crippen LogP contribution in [-0.2, 0) is 32.5 Å². The summed E-state index contributed by atoms with van der Waals surface area (Å²) in [7, 11) is -3.56. The Morgan fingerprint density at radius 1 is 0.879 bits per heavy atom.